The topological polar surface area (TPSA) is 37.3 Å². The van der Waals surface area contributed by atoms with Crippen LogP contribution >= 0.6 is 0 Å². The highest BCUT2D eigenvalue weighted by atomic mass is 16.4. The highest BCUT2D eigenvalue weighted by Gasteiger charge is 2.06. The minimum absolute atomic E-state index is 0.204. The molecular formula is C13H20O2. The van der Waals surface area contributed by atoms with Gasteiger partial charge in [0.15, 0.2) is 0 Å². The molecule has 0 spiro atoms. The van der Waals surface area contributed by atoms with Gasteiger partial charge in [-0.25, -0.2) is 4.79 Å². The van der Waals surface area contributed by atoms with Gasteiger partial charge in [0.05, 0.1) is 0 Å². The third kappa shape index (κ3) is 5.21. The molecule has 0 aromatic rings. The number of carbonyl (C=O) groups is 1. The van der Waals surface area contributed by atoms with Crippen LogP contribution in [-0.4, -0.2) is 11.1 Å². The first-order chi connectivity index (χ1) is 6.88. The number of carboxylic acids is 1. The van der Waals surface area contributed by atoms with Crippen molar-refractivity contribution in [2.24, 2.45) is 11.8 Å². The summed E-state index contributed by atoms with van der Waals surface area (Å²) in [5.74, 6) is -0.338. The molecule has 2 nitrogen and oxygen atoms in total. The number of hydrogen-bond acceptors (Lipinski definition) is 1. The molecule has 0 amide bonds. The van der Waals surface area contributed by atoms with E-state index in [1.807, 2.05) is 19.9 Å². The smallest absolute Gasteiger partial charge is 0.328 e. The van der Waals surface area contributed by atoms with Gasteiger partial charge in [0, 0.05) is 6.08 Å². The summed E-state index contributed by atoms with van der Waals surface area (Å²) in [5, 5.41) is 8.73. The van der Waals surface area contributed by atoms with E-state index in [0.717, 1.165) is 11.1 Å². The molecule has 0 rings (SSSR count). The molecule has 0 unspecified atom stereocenters. The Balaban J connectivity index is 5.12. The second kappa shape index (κ2) is 6.23. The molecule has 0 aliphatic rings. The van der Waals surface area contributed by atoms with Crippen molar-refractivity contribution < 1.29 is 9.90 Å². The van der Waals surface area contributed by atoms with Crippen LogP contribution in [0.15, 0.2) is 36.0 Å². The number of hydrogen-bond donors (Lipinski definition) is 1. The lowest BCUT2D eigenvalue weighted by Crippen LogP contribution is -1.99. The summed E-state index contributed by atoms with van der Waals surface area (Å²) >= 11 is 0. The number of rotatable bonds is 5. The maximum atomic E-state index is 10.6. The van der Waals surface area contributed by atoms with Crippen LogP contribution in [0.25, 0.3) is 0 Å². The minimum Gasteiger partial charge on any atom is -0.478 e. The van der Waals surface area contributed by atoms with Gasteiger partial charge in [-0.15, -0.1) is 0 Å². The van der Waals surface area contributed by atoms with E-state index in [4.69, 9.17) is 5.11 Å². The molecule has 0 saturated heterocycles. The third-order valence-electron chi connectivity index (χ3n) is 2.19. The van der Waals surface area contributed by atoms with E-state index in [9.17, 15) is 4.79 Å². The van der Waals surface area contributed by atoms with E-state index in [1.54, 1.807) is 6.08 Å². The van der Waals surface area contributed by atoms with E-state index in [2.05, 4.69) is 20.4 Å². The molecule has 84 valence electrons. The summed E-state index contributed by atoms with van der Waals surface area (Å²) in [7, 11) is 0. The van der Waals surface area contributed by atoms with Crippen LogP contribution in [0.5, 0.6) is 0 Å². The summed E-state index contributed by atoms with van der Waals surface area (Å²) in [6, 6.07) is 0. The predicted octanol–water partition coefficient (Wildman–Crippen LogP) is 3.42. The third-order valence-corrected chi connectivity index (χ3v) is 2.19. The van der Waals surface area contributed by atoms with Crippen LogP contribution < -0.4 is 0 Å². The van der Waals surface area contributed by atoms with Gasteiger partial charge in [-0.05, 0) is 23.0 Å². The van der Waals surface area contributed by atoms with E-state index in [1.165, 1.54) is 6.08 Å². The number of aliphatic carboxylic acids is 1. The zero-order chi connectivity index (χ0) is 12.0. The van der Waals surface area contributed by atoms with E-state index in [0.29, 0.717) is 5.92 Å². The lowest BCUT2D eigenvalue weighted by Gasteiger charge is -2.10. The molecule has 0 atom stereocenters. The molecule has 0 aliphatic carbocycles. The monoisotopic (exact) mass is 208 g/mol. The fourth-order valence-electron chi connectivity index (χ4n) is 1.17. The van der Waals surface area contributed by atoms with Gasteiger partial charge in [-0.3, -0.25) is 0 Å². The Hall–Kier alpha value is -1.31. The Morgan fingerprint density at radius 3 is 1.80 bits per heavy atom. The van der Waals surface area contributed by atoms with Crippen LogP contribution in [0, 0.1) is 11.8 Å². The lowest BCUT2D eigenvalue weighted by molar-refractivity contribution is -0.131. The summed E-state index contributed by atoms with van der Waals surface area (Å²) in [5.41, 5.74) is 1.89. The summed E-state index contributed by atoms with van der Waals surface area (Å²) in [4.78, 5) is 10.6. The predicted molar refractivity (Wildman–Crippen MR) is 63.7 cm³/mol. The van der Waals surface area contributed by atoms with Crippen molar-refractivity contribution in [3.8, 4) is 0 Å². The SMILES string of the molecule is C=CC(=CC(=CC(=O)O)C(C)C)C(C)C. The molecule has 1 N–H and O–H groups in total. The zero-order valence-electron chi connectivity index (χ0n) is 9.95. The average molecular weight is 208 g/mol. The quantitative estimate of drug-likeness (QED) is 0.555. The maximum Gasteiger partial charge on any atom is 0.328 e. The standard InChI is InChI=1S/C13H20O2/c1-6-11(9(2)3)7-12(10(4)5)8-13(14)15/h6-10H,1H2,2-5H3,(H,14,15). The largest absolute Gasteiger partial charge is 0.478 e. The molecule has 0 saturated carbocycles. The maximum absolute atomic E-state index is 10.6. The fraction of sp³-hybridized carbons (Fsp3) is 0.462. The van der Waals surface area contributed by atoms with Crippen LogP contribution in [0.4, 0.5) is 0 Å². The molecule has 15 heavy (non-hydrogen) atoms. The van der Waals surface area contributed by atoms with Crippen molar-refractivity contribution in [3.05, 3.63) is 36.0 Å². The average Bonchev–Trinajstić information content (AvgIpc) is 2.10. The summed E-state index contributed by atoms with van der Waals surface area (Å²) in [6.45, 7) is 11.8. The zero-order valence-corrected chi connectivity index (χ0v) is 9.95. The van der Waals surface area contributed by atoms with Crippen LogP contribution in [0.1, 0.15) is 27.7 Å². The van der Waals surface area contributed by atoms with Gasteiger partial charge in [0.2, 0.25) is 0 Å². The highest BCUT2D eigenvalue weighted by Crippen LogP contribution is 2.18. The van der Waals surface area contributed by atoms with Gasteiger partial charge in [-0.1, -0.05) is 46.4 Å². The van der Waals surface area contributed by atoms with Gasteiger partial charge in [0.1, 0.15) is 0 Å². The van der Waals surface area contributed by atoms with Gasteiger partial charge < -0.3 is 5.11 Å². The molecule has 0 aromatic carbocycles. The Bertz CT molecular complexity index is 294. The second-order valence-electron chi connectivity index (χ2n) is 4.14. The van der Waals surface area contributed by atoms with Crippen LogP contribution in [-0.2, 0) is 4.79 Å². The first-order valence-corrected chi connectivity index (χ1v) is 5.17. The first-order valence-electron chi connectivity index (χ1n) is 5.17. The van der Waals surface area contributed by atoms with Crippen molar-refractivity contribution in [2.45, 2.75) is 27.7 Å². The Morgan fingerprint density at radius 2 is 1.53 bits per heavy atom. The molecule has 0 aromatic heterocycles. The van der Waals surface area contributed by atoms with E-state index in [-0.39, 0.29) is 5.92 Å². The van der Waals surface area contributed by atoms with Gasteiger partial charge in [-0.2, -0.15) is 0 Å². The van der Waals surface area contributed by atoms with Crippen molar-refractivity contribution in [1.82, 2.24) is 0 Å². The molecule has 0 fully saturated rings. The van der Waals surface area contributed by atoms with Crippen molar-refractivity contribution >= 4 is 5.97 Å². The summed E-state index contributed by atoms with van der Waals surface area (Å²) < 4.78 is 0. The number of carboxylic acid groups (broad SMARTS) is 1. The molecule has 0 radical (unpaired) electrons. The van der Waals surface area contributed by atoms with Crippen LogP contribution in [0.2, 0.25) is 0 Å². The Kier molecular flexibility index (Phi) is 5.68. The van der Waals surface area contributed by atoms with Crippen LogP contribution in [0.3, 0.4) is 0 Å². The second-order valence-corrected chi connectivity index (χ2v) is 4.14. The molecule has 0 bridgehead atoms. The minimum atomic E-state index is -0.901. The molecular weight excluding hydrogens is 188 g/mol. The lowest BCUT2D eigenvalue weighted by atomic mass is 9.95. The molecule has 2 heteroatoms. The van der Waals surface area contributed by atoms with Crippen molar-refractivity contribution in [1.29, 1.82) is 0 Å². The first kappa shape index (κ1) is 13.7. The fourth-order valence-corrected chi connectivity index (χ4v) is 1.17. The highest BCUT2D eigenvalue weighted by molar-refractivity contribution is 5.81. The van der Waals surface area contributed by atoms with E-state index < -0.39 is 5.97 Å². The Labute approximate surface area is 92.0 Å². The molecule has 0 heterocycles. The van der Waals surface area contributed by atoms with Crippen molar-refractivity contribution in [3.63, 3.8) is 0 Å². The van der Waals surface area contributed by atoms with Crippen molar-refractivity contribution in [2.75, 3.05) is 0 Å². The summed E-state index contributed by atoms with van der Waals surface area (Å²) in [6.07, 6.45) is 4.95. The van der Waals surface area contributed by atoms with Gasteiger partial charge >= 0.3 is 5.97 Å². The Morgan fingerprint density at radius 1 is 1.07 bits per heavy atom. The molecule has 0 aliphatic heterocycles. The normalized spacial score (nSPS) is 13.5. The van der Waals surface area contributed by atoms with E-state index >= 15 is 0 Å². The number of allylic oxidation sites excluding steroid dienone is 4. The van der Waals surface area contributed by atoms with Gasteiger partial charge in [0.25, 0.3) is 0 Å².